The van der Waals surface area contributed by atoms with Gasteiger partial charge in [-0.3, -0.25) is 4.79 Å². The zero-order valence-corrected chi connectivity index (χ0v) is 13.6. The van der Waals surface area contributed by atoms with Crippen LogP contribution >= 0.6 is 15.9 Å². The number of anilines is 1. The summed E-state index contributed by atoms with van der Waals surface area (Å²) in [6.07, 6.45) is 1.19. The Labute approximate surface area is 133 Å². The average molecular weight is 347 g/mol. The maximum atomic E-state index is 12.0. The molecule has 0 heterocycles. The molecule has 0 radical (unpaired) electrons. The van der Waals surface area contributed by atoms with E-state index < -0.39 is 0 Å². The van der Waals surface area contributed by atoms with Crippen molar-refractivity contribution in [1.82, 2.24) is 5.32 Å². The number of benzene rings is 2. The Balaban J connectivity index is 1.85. The Bertz CT molecular complexity index is 610. The lowest BCUT2D eigenvalue weighted by Crippen LogP contribution is -2.26. The van der Waals surface area contributed by atoms with Crippen molar-refractivity contribution in [2.45, 2.75) is 25.8 Å². The van der Waals surface area contributed by atoms with Gasteiger partial charge in [-0.15, -0.1) is 0 Å². The van der Waals surface area contributed by atoms with Gasteiger partial charge < -0.3 is 11.1 Å². The molecule has 110 valence electrons. The van der Waals surface area contributed by atoms with Crippen molar-refractivity contribution in [3.05, 3.63) is 64.1 Å². The van der Waals surface area contributed by atoms with Gasteiger partial charge in [-0.05, 0) is 48.7 Å². The monoisotopic (exact) mass is 346 g/mol. The Morgan fingerprint density at radius 1 is 1.24 bits per heavy atom. The van der Waals surface area contributed by atoms with Crippen molar-refractivity contribution >= 4 is 27.5 Å². The van der Waals surface area contributed by atoms with E-state index in [1.807, 2.05) is 55.5 Å². The molecular formula is C17H19BrN2O. The molecule has 1 amide bonds. The minimum absolute atomic E-state index is 0.00131. The summed E-state index contributed by atoms with van der Waals surface area (Å²) in [5.41, 5.74) is 8.59. The number of hydrogen-bond donors (Lipinski definition) is 2. The zero-order valence-electron chi connectivity index (χ0n) is 12.0. The Morgan fingerprint density at radius 3 is 2.62 bits per heavy atom. The number of carbonyl (C=O) groups is 1. The molecule has 1 unspecified atom stereocenters. The molecule has 4 heteroatoms. The van der Waals surface area contributed by atoms with Crippen LogP contribution in [0.4, 0.5) is 5.69 Å². The first kappa shape index (κ1) is 15.6. The van der Waals surface area contributed by atoms with Gasteiger partial charge in [0.15, 0.2) is 0 Å². The van der Waals surface area contributed by atoms with Crippen molar-refractivity contribution in [3.63, 3.8) is 0 Å². The molecule has 3 nitrogen and oxygen atoms in total. The van der Waals surface area contributed by atoms with Crippen LogP contribution < -0.4 is 11.1 Å². The number of rotatable bonds is 5. The molecule has 1 atom stereocenters. The maximum Gasteiger partial charge on any atom is 0.220 e. The van der Waals surface area contributed by atoms with Gasteiger partial charge >= 0.3 is 0 Å². The molecule has 0 saturated heterocycles. The first-order valence-electron chi connectivity index (χ1n) is 6.94. The fourth-order valence-electron chi connectivity index (χ4n) is 2.12. The van der Waals surface area contributed by atoms with Gasteiger partial charge in [0.25, 0.3) is 0 Å². The van der Waals surface area contributed by atoms with E-state index in [9.17, 15) is 4.79 Å². The summed E-state index contributed by atoms with van der Waals surface area (Å²) in [5, 5.41) is 3.02. The van der Waals surface area contributed by atoms with E-state index in [0.29, 0.717) is 6.42 Å². The third kappa shape index (κ3) is 4.90. The minimum Gasteiger partial charge on any atom is -0.399 e. The summed E-state index contributed by atoms with van der Waals surface area (Å²) >= 11 is 3.44. The number of halogens is 1. The lowest BCUT2D eigenvalue weighted by atomic mass is 10.1. The van der Waals surface area contributed by atoms with Gasteiger partial charge in [0.05, 0.1) is 6.04 Å². The van der Waals surface area contributed by atoms with Gasteiger partial charge in [-0.2, -0.15) is 0 Å². The number of nitrogens with one attached hydrogen (secondary N) is 1. The van der Waals surface area contributed by atoms with Crippen LogP contribution in [0, 0.1) is 0 Å². The predicted octanol–water partition coefficient (Wildman–Crippen LogP) is 3.84. The van der Waals surface area contributed by atoms with E-state index >= 15 is 0 Å². The van der Waals surface area contributed by atoms with Crippen molar-refractivity contribution < 1.29 is 4.79 Å². The molecule has 0 aliphatic rings. The standard InChI is InChI=1S/C17H19BrN2O/c1-12(14-3-2-4-15(18)11-14)20-17(21)10-7-13-5-8-16(19)9-6-13/h2-6,8-9,11-12H,7,10,19H2,1H3,(H,20,21). The van der Waals surface area contributed by atoms with E-state index in [2.05, 4.69) is 21.2 Å². The molecule has 2 rings (SSSR count). The quantitative estimate of drug-likeness (QED) is 0.808. The Hall–Kier alpha value is -1.81. The molecule has 0 bridgehead atoms. The fourth-order valence-corrected chi connectivity index (χ4v) is 2.53. The van der Waals surface area contributed by atoms with Gasteiger partial charge in [0.2, 0.25) is 5.91 Å². The van der Waals surface area contributed by atoms with Gasteiger partial charge in [-0.25, -0.2) is 0 Å². The Morgan fingerprint density at radius 2 is 1.95 bits per heavy atom. The Kier molecular flexibility index (Phi) is 5.39. The summed E-state index contributed by atoms with van der Waals surface area (Å²) in [4.78, 5) is 12.0. The molecule has 0 spiro atoms. The van der Waals surface area contributed by atoms with E-state index in [0.717, 1.165) is 27.7 Å². The first-order valence-corrected chi connectivity index (χ1v) is 7.73. The average Bonchev–Trinajstić information content (AvgIpc) is 2.46. The highest BCUT2D eigenvalue weighted by Crippen LogP contribution is 2.18. The summed E-state index contributed by atoms with van der Waals surface area (Å²) in [5.74, 6) is 0.0549. The molecule has 0 aliphatic carbocycles. The molecule has 0 fully saturated rings. The molecule has 2 aromatic carbocycles. The highest BCUT2D eigenvalue weighted by atomic mass is 79.9. The predicted molar refractivity (Wildman–Crippen MR) is 89.9 cm³/mol. The van der Waals surface area contributed by atoms with Crippen LogP contribution in [0.3, 0.4) is 0 Å². The number of carbonyl (C=O) groups excluding carboxylic acids is 1. The molecular weight excluding hydrogens is 328 g/mol. The summed E-state index contributed by atoms with van der Waals surface area (Å²) in [6.45, 7) is 1.99. The minimum atomic E-state index is 0.00131. The number of amides is 1. The van der Waals surface area contributed by atoms with Gasteiger partial charge in [0, 0.05) is 16.6 Å². The van der Waals surface area contributed by atoms with Crippen molar-refractivity contribution in [2.24, 2.45) is 0 Å². The van der Waals surface area contributed by atoms with E-state index in [1.165, 1.54) is 0 Å². The second kappa shape index (κ2) is 7.27. The maximum absolute atomic E-state index is 12.0. The van der Waals surface area contributed by atoms with Crippen molar-refractivity contribution in [1.29, 1.82) is 0 Å². The normalized spacial score (nSPS) is 11.9. The molecule has 3 N–H and O–H groups in total. The van der Waals surface area contributed by atoms with Gasteiger partial charge in [-0.1, -0.05) is 40.2 Å². The highest BCUT2D eigenvalue weighted by Gasteiger charge is 2.09. The summed E-state index contributed by atoms with van der Waals surface area (Å²) < 4.78 is 1.02. The molecule has 2 aromatic rings. The second-order valence-corrected chi connectivity index (χ2v) is 6.00. The number of aryl methyl sites for hydroxylation is 1. The second-order valence-electron chi connectivity index (χ2n) is 5.09. The van der Waals surface area contributed by atoms with Crippen LogP contribution in [0.25, 0.3) is 0 Å². The van der Waals surface area contributed by atoms with Crippen molar-refractivity contribution in [2.75, 3.05) is 5.73 Å². The van der Waals surface area contributed by atoms with Crippen molar-refractivity contribution in [3.8, 4) is 0 Å². The number of nitrogens with two attached hydrogens (primary N) is 1. The van der Waals surface area contributed by atoms with Gasteiger partial charge in [0.1, 0.15) is 0 Å². The summed E-state index contributed by atoms with van der Waals surface area (Å²) in [7, 11) is 0. The van der Waals surface area contributed by atoms with E-state index in [4.69, 9.17) is 5.73 Å². The third-order valence-corrected chi connectivity index (χ3v) is 3.84. The largest absolute Gasteiger partial charge is 0.399 e. The van der Waals surface area contributed by atoms with E-state index in [1.54, 1.807) is 0 Å². The number of hydrogen-bond acceptors (Lipinski definition) is 2. The smallest absolute Gasteiger partial charge is 0.220 e. The topological polar surface area (TPSA) is 55.1 Å². The molecule has 0 saturated carbocycles. The number of nitrogen functional groups attached to an aromatic ring is 1. The SMILES string of the molecule is CC(NC(=O)CCc1ccc(N)cc1)c1cccc(Br)c1. The van der Waals surface area contributed by atoms with Crippen LogP contribution in [0.5, 0.6) is 0 Å². The third-order valence-electron chi connectivity index (χ3n) is 3.35. The lowest BCUT2D eigenvalue weighted by Gasteiger charge is -2.14. The van der Waals surface area contributed by atoms with Crippen LogP contribution in [-0.2, 0) is 11.2 Å². The van der Waals surface area contributed by atoms with Crippen LogP contribution in [-0.4, -0.2) is 5.91 Å². The fraction of sp³-hybridized carbons (Fsp3) is 0.235. The first-order chi connectivity index (χ1) is 10.0. The van der Waals surface area contributed by atoms with Crippen LogP contribution in [0.2, 0.25) is 0 Å². The van der Waals surface area contributed by atoms with Crippen LogP contribution in [0.1, 0.15) is 30.5 Å². The van der Waals surface area contributed by atoms with E-state index in [-0.39, 0.29) is 11.9 Å². The lowest BCUT2D eigenvalue weighted by molar-refractivity contribution is -0.121. The zero-order chi connectivity index (χ0) is 15.2. The summed E-state index contributed by atoms with van der Waals surface area (Å²) in [6, 6.07) is 15.6. The molecule has 0 aromatic heterocycles. The highest BCUT2D eigenvalue weighted by molar-refractivity contribution is 9.10. The molecule has 21 heavy (non-hydrogen) atoms. The molecule has 0 aliphatic heterocycles. The van der Waals surface area contributed by atoms with Crippen LogP contribution in [0.15, 0.2) is 53.0 Å².